The number of carbonyl (C=O) groups is 1. The number of benzene rings is 1. The number of hydrogen-bond acceptors (Lipinski definition) is 5. The first kappa shape index (κ1) is 15.7. The van der Waals surface area contributed by atoms with Crippen molar-refractivity contribution in [3.8, 4) is 0 Å². The average Bonchev–Trinajstić information content (AvgIpc) is 2.47. The second-order valence-corrected chi connectivity index (χ2v) is 7.13. The van der Waals surface area contributed by atoms with Crippen LogP contribution < -0.4 is 10.2 Å². The van der Waals surface area contributed by atoms with Crippen molar-refractivity contribution in [1.82, 2.24) is 9.62 Å². The van der Waals surface area contributed by atoms with Crippen molar-refractivity contribution in [1.29, 1.82) is 0 Å². The van der Waals surface area contributed by atoms with Crippen LogP contribution in [0.5, 0.6) is 0 Å². The molecule has 8 heteroatoms. The minimum atomic E-state index is -3.63. The minimum Gasteiger partial charge on any atom is -0.480 e. The third kappa shape index (κ3) is 3.02. The lowest BCUT2D eigenvalue weighted by Gasteiger charge is -2.36. The van der Waals surface area contributed by atoms with Crippen molar-refractivity contribution in [3.05, 3.63) is 24.3 Å². The molecule has 1 fully saturated rings. The smallest absolute Gasteiger partial charge is 0.327 e. The fraction of sp³-hybridized carbons (Fsp3) is 0.462. The molecule has 1 aliphatic heterocycles. The Labute approximate surface area is 124 Å². The van der Waals surface area contributed by atoms with Gasteiger partial charge in [-0.1, -0.05) is 12.1 Å². The van der Waals surface area contributed by atoms with Crippen LogP contribution in [0, 0.1) is 0 Å². The maximum absolute atomic E-state index is 12.4. The van der Waals surface area contributed by atoms with E-state index in [-0.39, 0.29) is 11.4 Å². The van der Waals surface area contributed by atoms with Crippen LogP contribution in [-0.2, 0) is 14.8 Å². The first-order chi connectivity index (χ1) is 9.85. The average molecular weight is 313 g/mol. The van der Waals surface area contributed by atoms with E-state index in [1.807, 2.05) is 0 Å². The van der Waals surface area contributed by atoms with Gasteiger partial charge in [-0.25, -0.2) is 17.5 Å². The fourth-order valence-electron chi connectivity index (χ4n) is 2.32. The van der Waals surface area contributed by atoms with E-state index in [9.17, 15) is 18.3 Å². The Morgan fingerprint density at radius 2 is 2.05 bits per heavy atom. The zero-order chi connectivity index (χ0) is 15.6. The number of rotatable bonds is 4. The molecule has 0 aromatic heterocycles. The van der Waals surface area contributed by atoms with Crippen LogP contribution in [0.2, 0.25) is 0 Å². The summed E-state index contributed by atoms with van der Waals surface area (Å²) in [5.41, 5.74) is 0.431. The van der Waals surface area contributed by atoms with E-state index >= 15 is 0 Å². The van der Waals surface area contributed by atoms with Crippen LogP contribution in [0.15, 0.2) is 29.2 Å². The zero-order valence-electron chi connectivity index (χ0n) is 12.0. The number of nitrogens with zero attached hydrogens (tertiary/aromatic N) is 2. The van der Waals surface area contributed by atoms with Gasteiger partial charge < -0.3 is 15.3 Å². The standard InChI is InChI=1S/C13H19N3O4S/c1-15(2)21(19,20)12-6-4-3-5-10(12)16-8-7-14-9-11(16)13(17)18/h3-6,11,14H,7-9H2,1-2H3,(H,17,18). The van der Waals surface area contributed by atoms with Gasteiger partial charge in [0, 0.05) is 33.7 Å². The summed E-state index contributed by atoms with van der Waals surface area (Å²) in [6, 6.07) is 5.73. The fourth-order valence-corrected chi connectivity index (χ4v) is 3.42. The van der Waals surface area contributed by atoms with Gasteiger partial charge >= 0.3 is 5.97 Å². The van der Waals surface area contributed by atoms with Crippen LogP contribution in [0.1, 0.15) is 0 Å². The highest BCUT2D eigenvalue weighted by Gasteiger charge is 2.32. The van der Waals surface area contributed by atoms with Crippen LogP contribution in [0.4, 0.5) is 5.69 Å². The van der Waals surface area contributed by atoms with Gasteiger partial charge in [0.15, 0.2) is 0 Å². The van der Waals surface area contributed by atoms with Crippen molar-refractivity contribution in [2.45, 2.75) is 10.9 Å². The lowest BCUT2D eigenvalue weighted by molar-refractivity contribution is -0.138. The van der Waals surface area contributed by atoms with Gasteiger partial charge in [-0.2, -0.15) is 0 Å². The molecular formula is C13H19N3O4S. The molecule has 1 aromatic rings. The largest absolute Gasteiger partial charge is 0.480 e. The Morgan fingerprint density at radius 1 is 1.38 bits per heavy atom. The molecule has 1 atom stereocenters. The zero-order valence-corrected chi connectivity index (χ0v) is 12.8. The van der Waals surface area contributed by atoms with E-state index < -0.39 is 22.0 Å². The van der Waals surface area contributed by atoms with E-state index in [4.69, 9.17) is 0 Å². The highest BCUT2D eigenvalue weighted by atomic mass is 32.2. The lowest BCUT2D eigenvalue weighted by Crippen LogP contribution is -2.55. The summed E-state index contributed by atoms with van der Waals surface area (Å²) in [6.07, 6.45) is 0. The Bertz CT molecular complexity index is 630. The maximum atomic E-state index is 12.4. The monoisotopic (exact) mass is 313 g/mol. The van der Waals surface area contributed by atoms with E-state index in [1.54, 1.807) is 23.1 Å². The quantitative estimate of drug-likeness (QED) is 0.800. The number of nitrogens with one attached hydrogen (secondary N) is 1. The van der Waals surface area contributed by atoms with Gasteiger partial charge in [-0.3, -0.25) is 0 Å². The van der Waals surface area contributed by atoms with E-state index in [1.165, 1.54) is 20.2 Å². The number of sulfonamides is 1. The summed E-state index contributed by atoms with van der Waals surface area (Å²) in [4.78, 5) is 13.2. The predicted octanol–water partition coefficient (Wildman–Crippen LogP) is -0.200. The van der Waals surface area contributed by atoms with Crippen molar-refractivity contribution in [2.24, 2.45) is 0 Å². The van der Waals surface area contributed by atoms with E-state index in [0.29, 0.717) is 18.8 Å². The maximum Gasteiger partial charge on any atom is 0.327 e. The molecule has 0 spiro atoms. The van der Waals surface area contributed by atoms with Crippen molar-refractivity contribution in [2.75, 3.05) is 38.6 Å². The third-order valence-electron chi connectivity index (χ3n) is 3.46. The van der Waals surface area contributed by atoms with Gasteiger partial charge in [0.25, 0.3) is 0 Å². The van der Waals surface area contributed by atoms with Crippen molar-refractivity contribution in [3.63, 3.8) is 0 Å². The number of piperazine rings is 1. The lowest BCUT2D eigenvalue weighted by atomic mass is 10.1. The highest BCUT2D eigenvalue weighted by molar-refractivity contribution is 7.89. The number of aliphatic carboxylic acids is 1. The molecule has 1 unspecified atom stereocenters. The Hall–Kier alpha value is -1.64. The Balaban J connectivity index is 2.51. The molecule has 2 rings (SSSR count). The molecule has 21 heavy (non-hydrogen) atoms. The molecule has 0 bridgehead atoms. The van der Waals surface area contributed by atoms with Crippen LogP contribution >= 0.6 is 0 Å². The summed E-state index contributed by atoms with van der Waals surface area (Å²) in [7, 11) is -0.714. The molecule has 1 aromatic carbocycles. The molecule has 0 saturated carbocycles. The van der Waals surface area contributed by atoms with Gasteiger partial charge in [-0.15, -0.1) is 0 Å². The van der Waals surface area contributed by atoms with Gasteiger partial charge in [0.2, 0.25) is 10.0 Å². The van der Waals surface area contributed by atoms with Crippen LogP contribution in [0.3, 0.4) is 0 Å². The second kappa shape index (κ2) is 6.00. The Kier molecular flexibility index (Phi) is 4.50. The molecule has 0 amide bonds. The number of hydrogen-bond donors (Lipinski definition) is 2. The van der Waals surface area contributed by atoms with Gasteiger partial charge in [-0.05, 0) is 12.1 Å². The first-order valence-electron chi connectivity index (χ1n) is 6.57. The minimum absolute atomic E-state index is 0.128. The normalized spacial score (nSPS) is 19.8. The molecule has 0 aliphatic carbocycles. The first-order valence-corrected chi connectivity index (χ1v) is 8.01. The summed E-state index contributed by atoms with van der Waals surface area (Å²) >= 11 is 0. The Morgan fingerprint density at radius 3 is 2.67 bits per heavy atom. The van der Waals surface area contributed by atoms with Gasteiger partial charge in [0.1, 0.15) is 10.9 Å². The summed E-state index contributed by atoms with van der Waals surface area (Å²) in [5.74, 6) is -0.973. The molecule has 1 saturated heterocycles. The molecule has 1 aliphatic rings. The molecule has 7 nitrogen and oxygen atoms in total. The molecular weight excluding hydrogens is 294 g/mol. The number of carboxylic acid groups (broad SMARTS) is 1. The van der Waals surface area contributed by atoms with Crippen LogP contribution in [-0.4, -0.2) is 63.6 Å². The van der Waals surface area contributed by atoms with Crippen LogP contribution in [0.25, 0.3) is 0 Å². The van der Waals surface area contributed by atoms with E-state index in [2.05, 4.69) is 5.32 Å². The molecule has 0 radical (unpaired) electrons. The second-order valence-electron chi connectivity index (χ2n) is 5.01. The number of anilines is 1. The highest BCUT2D eigenvalue weighted by Crippen LogP contribution is 2.28. The SMILES string of the molecule is CN(C)S(=O)(=O)c1ccccc1N1CCNCC1C(=O)O. The summed E-state index contributed by atoms with van der Waals surface area (Å²) < 4.78 is 25.9. The predicted molar refractivity (Wildman–Crippen MR) is 79.0 cm³/mol. The summed E-state index contributed by atoms with van der Waals surface area (Å²) in [5, 5.41) is 12.3. The van der Waals surface area contributed by atoms with E-state index in [0.717, 1.165) is 4.31 Å². The molecule has 1 heterocycles. The van der Waals surface area contributed by atoms with Crippen molar-refractivity contribution >= 4 is 21.7 Å². The number of para-hydroxylation sites is 1. The number of carboxylic acids is 1. The molecule has 2 N–H and O–H groups in total. The van der Waals surface area contributed by atoms with Crippen molar-refractivity contribution < 1.29 is 18.3 Å². The third-order valence-corrected chi connectivity index (χ3v) is 5.32. The van der Waals surface area contributed by atoms with Gasteiger partial charge in [0.05, 0.1) is 5.69 Å². The molecule has 116 valence electrons. The topological polar surface area (TPSA) is 90.0 Å². The summed E-state index contributed by atoms with van der Waals surface area (Å²) in [6.45, 7) is 1.34.